The zero-order valence-corrected chi connectivity index (χ0v) is 15.0. The molecule has 0 radical (unpaired) electrons. The molecule has 0 unspecified atom stereocenters. The molecule has 0 amide bonds. The molecule has 2 rings (SSSR count). The van der Waals surface area contributed by atoms with E-state index in [1.54, 1.807) is 43.3 Å². The Hall–Kier alpha value is -3.41. The van der Waals surface area contributed by atoms with Crippen LogP contribution in [-0.2, 0) is 14.3 Å². The van der Waals surface area contributed by atoms with Gasteiger partial charge in [0.15, 0.2) is 5.78 Å². The monoisotopic (exact) mass is 368 g/mol. The molecular weight excluding hydrogens is 348 g/mol. The summed E-state index contributed by atoms with van der Waals surface area (Å²) in [6.45, 7) is 5.09. The summed E-state index contributed by atoms with van der Waals surface area (Å²) in [7, 11) is 0. The lowest BCUT2D eigenvalue weighted by molar-refractivity contribution is -0.140. The van der Waals surface area contributed by atoms with Crippen LogP contribution >= 0.6 is 0 Å². The molecule has 0 atom stereocenters. The van der Waals surface area contributed by atoms with Crippen molar-refractivity contribution >= 4 is 17.9 Å². The summed E-state index contributed by atoms with van der Waals surface area (Å²) in [5, 5.41) is 0. The maximum Gasteiger partial charge on any atom is 0.513 e. The van der Waals surface area contributed by atoms with Crippen molar-refractivity contribution in [2.45, 2.75) is 13.3 Å². The van der Waals surface area contributed by atoms with Gasteiger partial charge in [-0.05, 0) is 18.6 Å². The highest BCUT2D eigenvalue weighted by atomic mass is 16.7. The first-order valence-corrected chi connectivity index (χ1v) is 8.40. The van der Waals surface area contributed by atoms with Crippen molar-refractivity contribution < 1.29 is 28.6 Å². The van der Waals surface area contributed by atoms with Crippen molar-refractivity contribution in [1.82, 2.24) is 0 Å². The van der Waals surface area contributed by atoms with E-state index >= 15 is 0 Å². The topological polar surface area (TPSA) is 78.9 Å². The molecule has 0 aliphatic heterocycles. The van der Waals surface area contributed by atoms with E-state index in [1.807, 2.05) is 6.07 Å². The molecular formula is C21H20O6. The Morgan fingerprint density at radius 2 is 1.56 bits per heavy atom. The lowest BCUT2D eigenvalue weighted by atomic mass is 10.0. The molecule has 140 valence electrons. The van der Waals surface area contributed by atoms with E-state index in [0.717, 1.165) is 0 Å². The highest BCUT2D eigenvalue weighted by Crippen LogP contribution is 2.17. The predicted molar refractivity (Wildman–Crippen MR) is 98.7 cm³/mol. The van der Waals surface area contributed by atoms with Crippen LogP contribution in [0.15, 0.2) is 66.7 Å². The van der Waals surface area contributed by atoms with Gasteiger partial charge in [-0.15, -0.1) is 0 Å². The molecule has 0 saturated heterocycles. The fourth-order valence-electron chi connectivity index (χ4n) is 2.09. The van der Waals surface area contributed by atoms with Crippen molar-refractivity contribution in [3.8, 4) is 5.75 Å². The third kappa shape index (κ3) is 6.11. The molecule has 6 heteroatoms. The van der Waals surface area contributed by atoms with Gasteiger partial charge in [0.25, 0.3) is 0 Å². The standard InChI is InChI=1S/C21H20O6/c1-3-15(2)20(23)25-12-13-26-21(24)27-18-11-7-10-17(14-18)19(22)16-8-5-4-6-9-16/h4-11,14H,2-3,12-13H2,1H3. The number of ketones is 1. The Morgan fingerprint density at radius 1 is 0.889 bits per heavy atom. The van der Waals surface area contributed by atoms with Crippen LogP contribution in [0.1, 0.15) is 29.3 Å². The van der Waals surface area contributed by atoms with Crippen LogP contribution in [0.4, 0.5) is 4.79 Å². The second-order valence-corrected chi connectivity index (χ2v) is 5.52. The largest absolute Gasteiger partial charge is 0.513 e. The summed E-state index contributed by atoms with van der Waals surface area (Å²) in [5.41, 5.74) is 1.27. The summed E-state index contributed by atoms with van der Waals surface area (Å²) >= 11 is 0. The second kappa shape index (κ2) is 9.91. The van der Waals surface area contributed by atoms with Crippen LogP contribution in [0.3, 0.4) is 0 Å². The minimum atomic E-state index is -0.954. The quantitative estimate of drug-likeness (QED) is 0.231. The molecule has 0 bridgehead atoms. The zero-order valence-electron chi connectivity index (χ0n) is 15.0. The normalized spacial score (nSPS) is 9.96. The van der Waals surface area contributed by atoms with E-state index in [2.05, 4.69) is 6.58 Å². The van der Waals surface area contributed by atoms with Crippen molar-refractivity contribution in [1.29, 1.82) is 0 Å². The minimum absolute atomic E-state index is 0.0977. The lowest BCUT2D eigenvalue weighted by Crippen LogP contribution is -2.17. The first-order valence-electron chi connectivity index (χ1n) is 8.40. The highest BCUT2D eigenvalue weighted by Gasteiger charge is 2.12. The van der Waals surface area contributed by atoms with Crippen molar-refractivity contribution in [3.63, 3.8) is 0 Å². The third-order valence-corrected chi connectivity index (χ3v) is 3.59. The van der Waals surface area contributed by atoms with E-state index < -0.39 is 12.1 Å². The van der Waals surface area contributed by atoms with Crippen molar-refractivity contribution in [3.05, 3.63) is 77.9 Å². The number of carbonyl (C=O) groups excluding carboxylic acids is 3. The van der Waals surface area contributed by atoms with Gasteiger partial charge in [-0.3, -0.25) is 4.79 Å². The number of esters is 1. The van der Waals surface area contributed by atoms with Crippen molar-refractivity contribution in [2.24, 2.45) is 0 Å². The third-order valence-electron chi connectivity index (χ3n) is 3.59. The van der Waals surface area contributed by atoms with Crippen LogP contribution in [-0.4, -0.2) is 31.1 Å². The SMILES string of the molecule is C=C(CC)C(=O)OCCOC(=O)Oc1cccc(C(=O)c2ccccc2)c1. The lowest BCUT2D eigenvalue weighted by Gasteiger charge is -2.08. The average molecular weight is 368 g/mol. The van der Waals surface area contributed by atoms with Gasteiger partial charge in [-0.25, -0.2) is 9.59 Å². The van der Waals surface area contributed by atoms with Crippen molar-refractivity contribution in [2.75, 3.05) is 13.2 Å². The Bertz CT molecular complexity index is 826. The molecule has 0 aliphatic carbocycles. The second-order valence-electron chi connectivity index (χ2n) is 5.52. The fraction of sp³-hybridized carbons (Fsp3) is 0.190. The number of ether oxygens (including phenoxy) is 3. The molecule has 0 aliphatic rings. The van der Waals surface area contributed by atoms with Gasteiger partial charge in [0.1, 0.15) is 19.0 Å². The summed E-state index contributed by atoms with van der Waals surface area (Å²) in [6, 6.07) is 15.0. The van der Waals surface area contributed by atoms with Crippen LogP contribution < -0.4 is 4.74 Å². The van der Waals surface area contributed by atoms with E-state index in [4.69, 9.17) is 14.2 Å². The maximum absolute atomic E-state index is 12.4. The van der Waals surface area contributed by atoms with E-state index in [-0.39, 0.29) is 24.7 Å². The summed E-state index contributed by atoms with van der Waals surface area (Å²) < 4.78 is 14.8. The van der Waals surface area contributed by atoms with Gasteiger partial charge in [0.05, 0.1) is 0 Å². The molecule has 27 heavy (non-hydrogen) atoms. The van der Waals surface area contributed by atoms with Crippen LogP contribution in [0.5, 0.6) is 5.75 Å². The molecule has 0 aromatic heterocycles. The summed E-state index contributed by atoms with van der Waals surface area (Å²) in [5.74, 6) is -0.530. The van der Waals surface area contributed by atoms with Crippen LogP contribution in [0.25, 0.3) is 0 Å². The molecule has 6 nitrogen and oxygen atoms in total. The number of carbonyl (C=O) groups is 3. The van der Waals surface area contributed by atoms with E-state index in [9.17, 15) is 14.4 Å². The highest BCUT2D eigenvalue weighted by molar-refractivity contribution is 6.09. The molecule has 0 heterocycles. The zero-order chi connectivity index (χ0) is 19.6. The summed E-state index contributed by atoms with van der Waals surface area (Å²) in [6.07, 6.45) is -0.468. The number of hydrogen-bond donors (Lipinski definition) is 0. The van der Waals surface area contributed by atoms with Gasteiger partial charge in [-0.1, -0.05) is 56.0 Å². The van der Waals surface area contributed by atoms with Crippen LogP contribution in [0.2, 0.25) is 0 Å². The van der Waals surface area contributed by atoms with Crippen LogP contribution in [0, 0.1) is 0 Å². The van der Waals surface area contributed by atoms with E-state index in [0.29, 0.717) is 23.1 Å². The average Bonchev–Trinajstić information content (AvgIpc) is 2.70. The first-order chi connectivity index (χ1) is 13.0. The van der Waals surface area contributed by atoms with Gasteiger partial charge < -0.3 is 14.2 Å². The van der Waals surface area contributed by atoms with Gasteiger partial charge in [0.2, 0.25) is 0 Å². The number of hydrogen-bond acceptors (Lipinski definition) is 6. The molecule has 0 fully saturated rings. The predicted octanol–water partition coefficient (Wildman–Crippen LogP) is 3.94. The van der Waals surface area contributed by atoms with Gasteiger partial charge in [-0.2, -0.15) is 0 Å². The fourth-order valence-corrected chi connectivity index (χ4v) is 2.09. The molecule has 2 aromatic rings. The van der Waals surface area contributed by atoms with E-state index in [1.165, 1.54) is 12.1 Å². The van der Waals surface area contributed by atoms with Gasteiger partial charge >= 0.3 is 12.1 Å². The number of rotatable bonds is 8. The first kappa shape index (κ1) is 19.9. The summed E-state index contributed by atoms with van der Waals surface area (Å²) in [4.78, 5) is 35.5. The molecule has 0 N–H and O–H groups in total. The molecule has 0 spiro atoms. The van der Waals surface area contributed by atoms with Gasteiger partial charge in [0, 0.05) is 16.7 Å². The molecule has 0 saturated carbocycles. The minimum Gasteiger partial charge on any atom is -0.459 e. The Labute approximate surface area is 157 Å². The molecule has 2 aromatic carbocycles. The maximum atomic E-state index is 12.4. The Morgan fingerprint density at radius 3 is 2.26 bits per heavy atom. The number of benzene rings is 2. The Kier molecular flexibility index (Phi) is 7.31. The Balaban J connectivity index is 1.85. The smallest absolute Gasteiger partial charge is 0.459 e.